The van der Waals surface area contributed by atoms with E-state index in [4.69, 9.17) is 4.42 Å². The Hall–Kier alpha value is -4.15. The van der Waals surface area contributed by atoms with E-state index in [9.17, 15) is 0 Å². The number of aromatic nitrogens is 2. The minimum atomic E-state index is -1.24. The van der Waals surface area contributed by atoms with E-state index in [-0.39, 0.29) is 20.1 Å². The fraction of sp³-hybridized carbons (Fsp3) is 0.105. The van der Waals surface area contributed by atoms with Crippen molar-refractivity contribution >= 4 is 35.2 Å². The predicted molar refractivity (Wildman–Crippen MR) is 177 cm³/mol. The van der Waals surface area contributed by atoms with Crippen LogP contribution in [-0.2, 0) is 20.1 Å². The summed E-state index contributed by atoms with van der Waals surface area (Å²) in [5.74, 6) is 0. The van der Waals surface area contributed by atoms with Crippen LogP contribution in [0, 0.1) is 19.1 Å². The van der Waals surface area contributed by atoms with Gasteiger partial charge in [0.15, 0.2) is 0 Å². The van der Waals surface area contributed by atoms with Crippen LogP contribution in [0.15, 0.2) is 126 Å². The van der Waals surface area contributed by atoms with E-state index >= 15 is 0 Å². The van der Waals surface area contributed by atoms with Gasteiger partial charge in [0.25, 0.3) is 0 Å². The molecule has 0 atom stereocenters. The topological polar surface area (TPSA) is 38.9 Å². The Morgan fingerprint density at radius 1 is 0.628 bits per heavy atom. The van der Waals surface area contributed by atoms with Crippen molar-refractivity contribution in [2.24, 2.45) is 0 Å². The molecular weight excluding hydrogens is 721 g/mol. The van der Waals surface area contributed by atoms with Crippen molar-refractivity contribution in [2.75, 3.05) is 0 Å². The van der Waals surface area contributed by atoms with Gasteiger partial charge in [0, 0.05) is 37.9 Å². The number of hydrogen-bond acceptors (Lipinski definition) is 3. The molecule has 3 aromatic heterocycles. The molecule has 0 aliphatic heterocycles. The van der Waals surface area contributed by atoms with Gasteiger partial charge in [0.05, 0.1) is 13.7 Å². The molecule has 3 nitrogen and oxygen atoms in total. The summed E-state index contributed by atoms with van der Waals surface area (Å²) in [5.41, 5.74) is 9.27. The fourth-order valence-electron chi connectivity index (χ4n) is 4.86. The van der Waals surface area contributed by atoms with E-state index in [1.54, 1.807) is 6.20 Å². The van der Waals surface area contributed by atoms with Gasteiger partial charge in [0.1, 0.15) is 5.58 Å². The molecule has 215 valence electrons. The van der Waals surface area contributed by atoms with Crippen LogP contribution in [0.2, 0.25) is 19.6 Å². The Bertz CT molecular complexity index is 1940. The third-order valence-electron chi connectivity index (χ3n) is 7.33. The van der Waals surface area contributed by atoms with Gasteiger partial charge >= 0.3 is 0 Å². The fourth-order valence-corrected chi connectivity index (χ4v) is 5.89. The second-order valence-corrected chi connectivity index (χ2v) is 16.6. The van der Waals surface area contributed by atoms with Crippen LogP contribution in [0.25, 0.3) is 55.6 Å². The molecule has 43 heavy (non-hydrogen) atoms. The third-order valence-corrected chi connectivity index (χ3v) is 9.35. The molecule has 0 spiro atoms. The van der Waals surface area contributed by atoms with Gasteiger partial charge in [-0.1, -0.05) is 98.7 Å². The van der Waals surface area contributed by atoms with E-state index in [1.165, 1.54) is 16.3 Å². The number of furan rings is 1. The van der Waals surface area contributed by atoms with Gasteiger partial charge < -0.3 is 14.4 Å². The number of fused-ring (bicyclic) bond motifs is 3. The molecule has 7 rings (SSSR count). The SMILES string of the molecule is Cc1c[c-]c(-c2ccc([Si](C)(C)C)cn2)cc1.[Ir].[c-]1cc2oc3cc(-c4ccccc4)ccc3c2cc1-c1ccccn1. The minimum Gasteiger partial charge on any atom is -0.500 e. The first-order valence-corrected chi connectivity index (χ1v) is 17.7. The first-order chi connectivity index (χ1) is 20.3. The maximum atomic E-state index is 6.05. The number of hydrogen-bond donors (Lipinski definition) is 0. The molecule has 0 aliphatic carbocycles. The zero-order chi connectivity index (χ0) is 29.1. The summed E-state index contributed by atoms with van der Waals surface area (Å²) in [5, 5.41) is 3.60. The van der Waals surface area contributed by atoms with Crippen molar-refractivity contribution in [3.63, 3.8) is 0 Å². The van der Waals surface area contributed by atoms with Crippen molar-refractivity contribution in [2.45, 2.75) is 26.6 Å². The first kappa shape index (κ1) is 30.3. The predicted octanol–water partition coefficient (Wildman–Crippen LogP) is 9.52. The Morgan fingerprint density at radius 3 is 2.07 bits per heavy atom. The molecule has 0 aliphatic rings. The quantitative estimate of drug-likeness (QED) is 0.133. The summed E-state index contributed by atoms with van der Waals surface area (Å²) >= 11 is 0. The molecule has 0 saturated heterocycles. The van der Waals surface area contributed by atoms with Gasteiger partial charge in [-0.3, -0.25) is 0 Å². The van der Waals surface area contributed by atoms with Crippen molar-refractivity contribution in [3.8, 4) is 33.6 Å². The second kappa shape index (κ2) is 13.0. The summed E-state index contributed by atoms with van der Waals surface area (Å²) in [6.45, 7) is 9.08. The van der Waals surface area contributed by atoms with Crippen molar-refractivity contribution in [1.82, 2.24) is 9.97 Å². The van der Waals surface area contributed by atoms with Crippen molar-refractivity contribution < 1.29 is 24.5 Å². The van der Waals surface area contributed by atoms with E-state index in [2.05, 4.69) is 109 Å². The summed E-state index contributed by atoms with van der Waals surface area (Å²) < 4.78 is 6.05. The molecule has 7 aromatic rings. The summed E-state index contributed by atoms with van der Waals surface area (Å²) in [7, 11) is -1.24. The normalized spacial score (nSPS) is 11.1. The molecule has 0 bridgehead atoms. The molecule has 5 heteroatoms. The average molecular weight is 753 g/mol. The zero-order valence-corrected chi connectivity index (χ0v) is 28.1. The smallest absolute Gasteiger partial charge is 0.121 e. The molecule has 1 radical (unpaired) electrons. The van der Waals surface area contributed by atoms with Crippen LogP contribution in [0.3, 0.4) is 0 Å². The Balaban J connectivity index is 0.000000180. The average Bonchev–Trinajstić information content (AvgIpc) is 3.39. The molecular formula is C38H32IrN2OSi-2. The first-order valence-electron chi connectivity index (χ1n) is 14.2. The van der Waals surface area contributed by atoms with Gasteiger partial charge in [-0.05, 0) is 39.8 Å². The van der Waals surface area contributed by atoms with E-state index in [0.717, 1.165) is 50.0 Å². The molecule has 0 saturated carbocycles. The number of rotatable bonds is 4. The summed E-state index contributed by atoms with van der Waals surface area (Å²) in [4.78, 5) is 8.96. The standard InChI is InChI=1S/C23H14NO.C15H18NSi.Ir/c1-2-6-16(7-3-1)17-9-11-19-20-14-18(21-8-4-5-13-24-21)10-12-22(20)25-23(19)15-17;1-12-5-7-13(8-6-12)15-10-9-14(11-16-15)17(2,3)4;/h1-9,11-15H;5-7,9-11H,1-4H3;/q2*-1;. The van der Waals surface area contributed by atoms with Crippen LogP contribution < -0.4 is 5.19 Å². The maximum absolute atomic E-state index is 6.05. The van der Waals surface area contributed by atoms with Gasteiger partial charge in [-0.25, -0.2) is 0 Å². The number of nitrogens with zero attached hydrogens (tertiary/aromatic N) is 2. The Labute approximate surface area is 268 Å². The van der Waals surface area contributed by atoms with Gasteiger partial charge in [-0.15, -0.1) is 59.2 Å². The molecule has 0 fully saturated rings. The maximum Gasteiger partial charge on any atom is 0.121 e. The van der Waals surface area contributed by atoms with E-state index < -0.39 is 8.07 Å². The van der Waals surface area contributed by atoms with Gasteiger partial charge in [-0.2, -0.15) is 0 Å². The number of benzene rings is 4. The third kappa shape index (κ3) is 6.92. The summed E-state index contributed by atoms with van der Waals surface area (Å²) in [6, 6.07) is 43.6. The van der Waals surface area contributed by atoms with Crippen LogP contribution in [-0.4, -0.2) is 18.0 Å². The zero-order valence-electron chi connectivity index (χ0n) is 24.7. The Kier molecular flexibility index (Phi) is 9.17. The molecule has 0 unspecified atom stereocenters. The molecule has 3 heterocycles. The monoisotopic (exact) mass is 753 g/mol. The molecule has 4 aromatic carbocycles. The van der Waals surface area contributed by atoms with Crippen molar-refractivity contribution in [3.05, 3.63) is 139 Å². The van der Waals surface area contributed by atoms with Crippen LogP contribution >= 0.6 is 0 Å². The van der Waals surface area contributed by atoms with E-state index in [0.29, 0.717) is 0 Å². The van der Waals surface area contributed by atoms with Crippen LogP contribution in [0.4, 0.5) is 0 Å². The van der Waals surface area contributed by atoms with Crippen LogP contribution in [0.5, 0.6) is 0 Å². The molecule has 0 amide bonds. The minimum absolute atomic E-state index is 0. The Morgan fingerprint density at radius 2 is 1.40 bits per heavy atom. The van der Waals surface area contributed by atoms with Crippen molar-refractivity contribution in [1.29, 1.82) is 0 Å². The number of pyridine rings is 2. The van der Waals surface area contributed by atoms with Crippen LogP contribution in [0.1, 0.15) is 5.56 Å². The largest absolute Gasteiger partial charge is 0.500 e. The van der Waals surface area contributed by atoms with Gasteiger partial charge in [0.2, 0.25) is 0 Å². The molecule has 0 N–H and O–H groups in total. The summed E-state index contributed by atoms with van der Waals surface area (Å²) in [6.07, 6.45) is 3.82. The number of aryl methyl sites for hydroxylation is 1. The van der Waals surface area contributed by atoms with E-state index in [1.807, 2.05) is 54.7 Å². The second-order valence-electron chi connectivity index (χ2n) is 11.5.